The Bertz CT molecular complexity index is 738. The SMILES string of the molecule is Cc1cc(C(=O)NCCC2(C)OCCO2)nn1-c1ccccc1F. The van der Waals surface area contributed by atoms with Crippen molar-refractivity contribution in [1.82, 2.24) is 15.1 Å². The summed E-state index contributed by atoms with van der Waals surface area (Å²) in [6, 6.07) is 7.94. The topological polar surface area (TPSA) is 65.4 Å². The normalized spacial score (nSPS) is 16.3. The second-order valence-corrected chi connectivity index (χ2v) is 5.87. The lowest BCUT2D eigenvalue weighted by molar-refractivity contribution is -0.145. The summed E-state index contributed by atoms with van der Waals surface area (Å²) in [4.78, 5) is 12.2. The molecule has 1 fully saturated rings. The highest BCUT2D eigenvalue weighted by Gasteiger charge is 2.30. The third kappa shape index (κ3) is 3.47. The van der Waals surface area contributed by atoms with Crippen molar-refractivity contribution in [1.29, 1.82) is 0 Å². The Morgan fingerprint density at radius 3 is 2.79 bits per heavy atom. The van der Waals surface area contributed by atoms with Gasteiger partial charge in [-0.15, -0.1) is 0 Å². The Kier molecular flexibility index (Phi) is 4.64. The molecule has 0 radical (unpaired) electrons. The van der Waals surface area contributed by atoms with Gasteiger partial charge in [-0.1, -0.05) is 12.1 Å². The van der Waals surface area contributed by atoms with Crippen molar-refractivity contribution < 1.29 is 18.7 Å². The van der Waals surface area contributed by atoms with E-state index < -0.39 is 5.79 Å². The molecule has 6 nitrogen and oxygen atoms in total. The van der Waals surface area contributed by atoms with Gasteiger partial charge in [0.25, 0.3) is 5.91 Å². The number of carbonyl (C=O) groups excluding carboxylic acids is 1. The van der Waals surface area contributed by atoms with Gasteiger partial charge in [0.15, 0.2) is 11.5 Å². The van der Waals surface area contributed by atoms with Gasteiger partial charge < -0.3 is 14.8 Å². The molecule has 24 heavy (non-hydrogen) atoms. The number of rotatable bonds is 5. The van der Waals surface area contributed by atoms with E-state index in [1.807, 2.05) is 6.92 Å². The first-order chi connectivity index (χ1) is 11.5. The monoisotopic (exact) mass is 333 g/mol. The van der Waals surface area contributed by atoms with Crippen LogP contribution in [0.25, 0.3) is 5.69 Å². The fourth-order valence-electron chi connectivity index (χ4n) is 2.65. The minimum atomic E-state index is -0.643. The molecule has 2 heterocycles. The van der Waals surface area contributed by atoms with Crippen LogP contribution < -0.4 is 5.32 Å². The summed E-state index contributed by atoms with van der Waals surface area (Å²) in [5.74, 6) is -1.34. The number of amides is 1. The van der Waals surface area contributed by atoms with Gasteiger partial charge in [-0.3, -0.25) is 4.79 Å². The van der Waals surface area contributed by atoms with Crippen LogP contribution in [-0.2, 0) is 9.47 Å². The molecule has 1 aliphatic heterocycles. The second-order valence-electron chi connectivity index (χ2n) is 5.87. The molecule has 1 aliphatic rings. The molecule has 1 aromatic carbocycles. The maximum atomic E-state index is 13.9. The van der Waals surface area contributed by atoms with E-state index in [1.165, 1.54) is 10.7 Å². The lowest BCUT2D eigenvalue weighted by atomic mass is 10.2. The number of para-hydroxylation sites is 1. The van der Waals surface area contributed by atoms with E-state index in [0.29, 0.717) is 37.6 Å². The zero-order valence-electron chi connectivity index (χ0n) is 13.7. The first-order valence-electron chi connectivity index (χ1n) is 7.86. The van der Waals surface area contributed by atoms with Crippen LogP contribution in [0.4, 0.5) is 4.39 Å². The minimum Gasteiger partial charge on any atom is -0.350 e. The fourth-order valence-corrected chi connectivity index (χ4v) is 2.65. The predicted molar refractivity (Wildman–Crippen MR) is 85.5 cm³/mol. The van der Waals surface area contributed by atoms with Crippen LogP contribution in [0.1, 0.15) is 29.5 Å². The molecule has 0 unspecified atom stereocenters. The van der Waals surface area contributed by atoms with E-state index in [-0.39, 0.29) is 17.4 Å². The molecule has 1 N–H and O–H groups in total. The number of hydrogen-bond donors (Lipinski definition) is 1. The van der Waals surface area contributed by atoms with Crippen LogP contribution in [0.5, 0.6) is 0 Å². The summed E-state index contributed by atoms with van der Waals surface area (Å²) in [7, 11) is 0. The molecule has 3 rings (SSSR count). The zero-order valence-corrected chi connectivity index (χ0v) is 13.7. The first kappa shape index (κ1) is 16.6. The molecule has 0 atom stereocenters. The van der Waals surface area contributed by atoms with Gasteiger partial charge >= 0.3 is 0 Å². The van der Waals surface area contributed by atoms with Crippen molar-refractivity contribution in [2.24, 2.45) is 0 Å². The number of halogens is 1. The fraction of sp³-hybridized carbons (Fsp3) is 0.412. The Morgan fingerprint density at radius 2 is 2.08 bits per heavy atom. The van der Waals surface area contributed by atoms with E-state index in [0.717, 1.165) is 0 Å². The predicted octanol–water partition coefficient (Wildman–Crippen LogP) is 2.20. The number of ether oxygens (including phenoxy) is 2. The number of aryl methyl sites for hydroxylation is 1. The summed E-state index contributed by atoms with van der Waals surface area (Å²) < 4.78 is 26.3. The molecule has 2 aromatic rings. The lowest BCUT2D eigenvalue weighted by Crippen LogP contribution is -2.33. The van der Waals surface area contributed by atoms with Gasteiger partial charge in [0.05, 0.1) is 13.2 Å². The van der Waals surface area contributed by atoms with Gasteiger partial charge in [0.2, 0.25) is 0 Å². The maximum absolute atomic E-state index is 13.9. The Labute approximate surface area is 139 Å². The number of nitrogens with zero attached hydrogens (tertiary/aromatic N) is 2. The van der Waals surface area contributed by atoms with E-state index >= 15 is 0 Å². The molecule has 0 bridgehead atoms. The van der Waals surface area contributed by atoms with Gasteiger partial charge in [-0.25, -0.2) is 9.07 Å². The first-order valence-corrected chi connectivity index (χ1v) is 7.86. The van der Waals surface area contributed by atoms with Crippen LogP contribution in [0.2, 0.25) is 0 Å². The van der Waals surface area contributed by atoms with Crippen LogP contribution in [-0.4, -0.2) is 41.2 Å². The Balaban J connectivity index is 1.66. The van der Waals surface area contributed by atoms with Crippen molar-refractivity contribution in [3.63, 3.8) is 0 Å². The highest BCUT2D eigenvalue weighted by Crippen LogP contribution is 2.21. The summed E-state index contributed by atoms with van der Waals surface area (Å²) in [5.41, 5.74) is 1.24. The van der Waals surface area contributed by atoms with Gasteiger partial charge in [0, 0.05) is 18.7 Å². The van der Waals surface area contributed by atoms with Crippen molar-refractivity contribution in [2.75, 3.05) is 19.8 Å². The lowest BCUT2D eigenvalue weighted by Gasteiger charge is -2.21. The summed E-state index contributed by atoms with van der Waals surface area (Å²) in [6.07, 6.45) is 0.547. The Morgan fingerprint density at radius 1 is 1.38 bits per heavy atom. The van der Waals surface area contributed by atoms with Gasteiger partial charge in [-0.05, 0) is 32.0 Å². The van der Waals surface area contributed by atoms with Gasteiger partial charge in [0.1, 0.15) is 11.5 Å². The maximum Gasteiger partial charge on any atom is 0.271 e. The van der Waals surface area contributed by atoms with Crippen molar-refractivity contribution >= 4 is 5.91 Å². The molecule has 1 amide bonds. The molecule has 0 spiro atoms. The molecule has 1 saturated heterocycles. The summed E-state index contributed by atoms with van der Waals surface area (Å²) >= 11 is 0. The average molecular weight is 333 g/mol. The van der Waals surface area contributed by atoms with Gasteiger partial charge in [-0.2, -0.15) is 5.10 Å². The number of hydrogen-bond acceptors (Lipinski definition) is 4. The van der Waals surface area contributed by atoms with E-state index in [1.54, 1.807) is 31.2 Å². The largest absolute Gasteiger partial charge is 0.350 e. The van der Waals surface area contributed by atoms with E-state index in [4.69, 9.17) is 9.47 Å². The quantitative estimate of drug-likeness (QED) is 0.911. The molecule has 128 valence electrons. The second kappa shape index (κ2) is 6.70. The highest BCUT2D eigenvalue weighted by molar-refractivity contribution is 5.92. The number of aromatic nitrogens is 2. The highest BCUT2D eigenvalue weighted by atomic mass is 19.1. The molecule has 0 saturated carbocycles. The van der Waals surface area contributed by atoms with E-state index in [2.05, 4.69) is 10.4 Å². The zero-order chi connectivity index (χ0) is 17.2. The van der Waals surface area contributed by atoms with Crippen LogP contribution >= 0.6 is 0 Å². The van der Waals surface area contributed by atoms with Crippen LogP contribution in [0.3, 0.4) is 0 Å². The van der Waals surface area contributed by atoms with Crippen molar-refractivity contribution in [2.45, 2.75) is 26.1 Å². The van der Waals surface area contributed by atoms with Crippen LogP contribution in [0.15, 0.2) is 30.3 Å². The molecular weight excluding hydrogens is 313 g/mol. The third-order valence-corrected chi connectivity index (χ3v) is 3.96. The molecular formula is C17H20FN3O3. The van der Waals surface area contributed by atoms with Crippen LogP contribution in [0, 0.1) is 12.7 Å². The standard InChI is InChI=1S/C17H20FN3O3/c1-12-11-14(20-21(12)15-6-4-3-5-13(15)18)16(22)19-8-7-17(2)23-9-10-24-17/h3-6,11H,7-10H2,1-2H3,(H,19,22). The van der Waals surface area contributed by atoms with E-state index in [9.17, 15) is 9.18 Å². The molecule has 7 heteroatoms. The number of carbonyl (C=O) groups is 1. The number of nitrogens with one attached hydrogen (secondary N) is 1. The van der Waals surface area contributed by atoms with Crippen molar-refractivity contribution in [3.8, 4) is 5.69 Å². The Hall–Kier alpha value is -2.25. The number of benzene rings is 1. The third-order valence-electron chi connectivity index (χ3n) is 3.96. The smallest absolute Gasteiger partial charge is 0.271 e. The average Bonchev–Trinajstić information content (AvgIpc) is 3.14. The summed E-state index contributed by atoms with van der Waals surface area (Å²) in [6.45, 7) is 5.16. The molecule has 0 aliphatic carbocycles. The summed E-state index contributed by atoms with van der Waals surface area (Å²) in [5, 5.41) is 7.00. The van der Waals surface area contributed by atoms with Crippen molar-refractivity contribution in [3.05, 3.63) is 47.5 Å². The minimum absolute atomic E-state index is 0.245. The molecule has 1 aromatic heterocycles.